The Balaban J connectivity index is 2.11. The SMILES string of the molecule is COc1ccc(/C=N\NC(=O)c2ccc(O)cc2)c(Cl)c1OC. The Morgan fingerprint density at radius 2 is 1.87 bits per heavy atom. The van der Waals surface area contributed by atoms with Crippen LogP contribution in [0.5, 0.6) is 17.2 Å². The van der Waals surface area contributed by atoms with Crippen molar-refractivity contribution in [2.45, 2.75) is 0 Å². The van der Waals surface area contributed by atoms with Crippen molar-refractivity contribution < 1.29 is 19.4 Å². The third-order valence-corrected chi connectivity index (χ3v) is 3.40. The fourth-order valence-corrected chi connectivity index (χ4v) is 2.12. The number of phenols is 1. The molecule has 0 fully saturated rings. The second-order valence-corrected chi connectivity index (χ2v) is 4.83. The molecule has 0 saturated carbocycles. The topological polar surface area (TPSA) is 80.2 Å². The highest BCUT2D eigenvalue weighted by Gasteiger charge is 2.12. The van der Waals surface area contributed by atoms with Crippen LogP contribution >= 0.6 is 11.6 Å². The van der Waals surface area contributed by atoms with E-state index in [-0.39, 0.29) is 5.75 Å². The molecule has 120 valence electrons. The van der Waals surface area contributed by atoms with Crippen molar-refractivity contribution in [3.05, 3.63) is 52.5 Å². The summed E-state index contributed by atoms with van der Waals surface area (Å²) in [4.78, 5) is 11.9. The Hall–Kier alpha value is -2.73. The molecule has 2 N–H and O–H groups in total. The lowest BCUT2D eigenvalue weighted by atomic mass is 10.2. The first-order valence-corrected chi connectivity index (χ1v) is 6.97. The number of halogens is 1. The van der Waals surface area contributed by atoms with Gasteiger partial charge in [-0.25, -0.2) is 5.43 Å². The van der Waals surface area contributed by atoms with Gasteiger partial charge in [0.15, 0.2) is 11.5 Å². The van der Waals surface area contributed by atoms with E-state index in [0.717, 1.165) is 0 Å². The molecule has 6 nitrogen and oxygen atoms in total. The molecule has 2 rings (SSSR count). The molecule has 0 aromatic heterocycles. The van der Waals surface area contributed by atoms with Crippen LogP contribution in [0.2, 0.25) is 5.02 Å². The molecular weight excluding hydrogens is 320 g/mol. The van der Waals surface area contributed by atoms with Gasteiger partial charge in [-0.3, -0.25) is 4.79 Å². The normalized spacial score (nSPS) is 10.6. The summed E-state index contributed by atoms with van der Waals surface area (Å²) in [5.74, 6) is 0.575. The zero-order valence-electron chi connectivity index (χ0n) is 12.5. The van der Waals surface area contributed by atoms with Crippen molar-refractivity contribution >= 4 is 23.7 Å². The number of phenolic OH excluding ortho intramolecular Hbond substituents is 1. The first-order chi connectivity index (χ1) is 11.1. The van der Waals surface area contributed by atoms with E-state index in [1.54, 1.807) is 12.1 Å². The van der Waals surface area contributed by atoms with Gasteiger partial charge < -0.3 is 14.6 Å². The molecular formula is C16H15ClN2O4. The number of nitrogens with one attached hydrogen (secondary N) is 1. The molecule has 0 atom stereocenters. The highest BCUT2D eigenvalue weighted by atomic mass is 35.5. The predicted octanol–water partition coefficient (Wildman–Crippen LogP) is 2.83. The molecule has 0 aliphatic carbocycles. The number of rotatable bonds is 5. The predicted molar refractivity (Wildman–Crippen MR) is 87.7 cm³/mol. The molecule has 2 aromatic rings. The molecule has 0 radical (unpaired) electrons. The third-order valence-electron chi connectivity index (χ3n) is 3.01. The van der Waals surface area contributed by atoms with Crippen LogP contribution in [-0.2, 0) is 0 Å². The Kier molecular flexibility index (Phi) is 5.43. The summed E-state index contributed by atoms with van der Waals surface area (Å²) in [5, 5.41) is 13.4. The standard InChI is InChI=1S/C16H15ClN2O4/c1-22-13-8-5-11(14(17)15(13)23-2)9-18-19-16(21)10-3-6-12(20)7-4-10/h3-9,20H,1-2H3,(H,19,21)/b18-9-. The van der Waals surface area contributed by atoms with Gasteiger partial charge in [-0.15, -0.1) is 0 Å². The van der Waals surface area contributed by atoms with E-state index in [2.05, 4.69) is 10.5 Å². The maximum absolute atomic E-state index is 11.9. The van der Waals surface area contributed by atoms with Gasteiger partial charge in [0.05, 0.1) is 25.5 Å². The number of hydrazone groups is 1. The second-order valence-electron chi connectivity index (χ2n) is 4.45. The molecule has 0 unspecified atom stereocenters. The van der Waals surface area contributed by atoms with Gasteiger partial charge in [0.1, 0.15) is 5.75 Å². The maximum atomic E-state index is 11.9. The minimum Gasteiger partial charge on any atom is -0.508 e. The van der Waals surface area contributed by atoms with E-state index < -0.39 is 5.91 Å². The lowest BCUT2D eigenvalue weighted by Crippen LogP contribution is -2.17. The highest BCUT2D eigenvalue weighted by molar-refractivity contribution is 6.34. The quantitative estimate of drug-likeness (QED) is 0.651. The Morgan fingerprint density at radius 1 is 1.17 bits per heavy atom. The van der Waals surface area contributed by atoms with Crippen molar-refractivity contribution in [2.24, 2.45) is 5.10 Å². The molecule has 0 bridgehead atoms. The van der Waals surface area contributed by atoms with E-state index in [0.29, 0.717) is 27.6 Å². The zero-order valence-corrected chi connectivity index (χ0v) is 13.3. The summed E-state index contributed by atoms with van der Waals surface area (Å²) in [6.07, 6.45) is 1.41. The van der Waals surface area contributed by atoms with E-state index in [9.17, 15) is 9.90 Å². The molecule has 7 heteroatoms. The molecule has 1 amide bonds. The van der Waals surface area contributed by atoms with Crippen molar-refractivity contribution in [3.8, 4) is 17.2 Å². The lowest BCUT2D eigenvalue weighted by molar-refractivity contribution is 0.0955. The lowest BCUT2D eigenvalue weighted by Gasteiger charge is -2.10. The smallest absolute Gasteiger partial charge is 0.271 e. The van der Waals surface area contributed by atoms with Gasteiger partial charge in [-0.05, 0) is 36.4 Å². The summed E-state index contributed by atoms with van der Waals surface area (Å²) in [6, 6.07) is 9.20. The summed E-state index contributed by atoms with van der Waals surface area (Å²) < 4.78 is 10.3. The molecule has 0 spiro atoms. The number of methoxy groups -OCH3 is 2. The Morgan fingerprint density at radius 3 is 2.48 bits per heavy atom. The first-order valence-electron chi connectivity index (χ1n) is 6.59. The number of benzene rings is 2. The summed E-state index contributed by atoms with van der Waals surface area (Å²) in [5.41, 5.74) is 3.32. The summed E-state index contributed by atoms with van der Waals surface area (Å²) >= 11 is 6.21. The van der Waals surface area contributed by atoms with Gasteiger partial charge in [-0.2, -0.15) is 5.10 Å². The fraction of sp³-hybridized carbons (Fsp3) is 0.125. The van der Waals surface area contributed by atoms with Gasteiger partial charge in [0.25, 0.3) is 5.91 Å². The fourth-order valence-electron chi connectivity index (χ4n) is 1.84. The monoisotopic (exact) mass is 334 g/mol. The van der Waals surface area contributed by atoms with Gasteiger partial charge in [0.2, 0.25) is 0 Å². The van der Waals surface area contributed by atoms with Crippen LogP contribution < -0.4 is 14.9 Å². The summed E-state index contributed by atoms with van der Waals surface area (Å²) in [7, 11) is 3.00. The number of nitrogens with zero attached hydrogens (tertiary/aromatic N) is 1. The molecule has 23 heavy (non-hydrogen) atoms. The van der Waals surface area contributed by atoms with Crippen molar-refractivity contribution in [1.82, 2.24) is 5.43 Å². The van der Waals surface area contributed by atoms with Crippen molar-refractivity contribution in [2.75, 3.05) is 14.2 Å². The van der Waals surface area contributed by atoms with Crippen LogP contribution in [0.25, 0.3) is 0 Å². The van der Waals surface area contributed by atoms with Gasteiger partial charge in [-0.1, -0.05) is 11.6 Å². The third kappa shape index (κ3) is 3.92. The average molecular weight is 335 g/mol. The Bertz CT molecular complexity index is 730. The van der Waals surface area contributed by atoms with Crippen LogP contribution in [0.3, 0.4) is 0 Å². The Labute approximate surface area is 138 Å². The highest BCUT2D eigenvalue weighted by Crippen LogP contribution is 2.36. The number of hydrogen-bond donors (Lipinski definition) is 2. The van der Waals surface area contributed by atoms with Gasteiger partial charge in [0, 0.05) is 11.1 Å². The average Bonchev–Trinajstić information content (AvgIpc) is 2.56. The maximum Gasteiger partial charge on any atom is 0.271 e. The second kappa shape index (κ2) is 7.51. The molecule has 0 aliphatic rings. The van der Waals surface area contributed by atoms with Crippen LogP contribution in [0.15, 0.2) is 41.5 Å². The number of carbonyl (C=O) groups is 1. The number of amides is 1. The van der Waals surface area contributed by atoms with E-state index in [1.807, 2.05) is 0 Å². The molecule has 0 heterocycles. The minimum absolute atomic E-state index is 0.0853. The van der Waals surface area contributed by atoms with Crippen LogP contribution in [0.1, 0.15) is 15.9 Å². The number of aromatic hydroxyl groups is 1. The molecule has 0 saturated heterocycles. The van der Waals surface area contributed by atoms with Crippen LogP contribution in [0, 0.1) is 0 Å². The zero-order chi connectivity index (χ0) is 16.8. The largest absolute Gasteiger partial charge is 0.508 e. The number of ether oxygens (including phenoxy) is 2. The van der Waals surface area contributed by atoms with E-state index >= 15 is 0 Å². The molecule has 2 aromatic carbocycles. The van der Waals surface area contributed by atoms with Gasteiger partial charge >= 0.3 is 0 Å². The first kappa shape index (κ1) is 16.6. The van der Waals surface area contributed by atoms with E-state index in [4.69, 9.17) is 21.1 Å². The van der Waals surface area contributed by atoms with E-state index in [1.165, 1.54) is 44.7 Å². The molecule has 0 aliphatic heterocycles. The number of carbonyl (C=O) groups excluding carboxylic acids is 1. The number of hydrogen-bond acceptors (Lipinski definition) is 5. The van der Waals surface area contributed by atoms with Crippen molar-refractivity contribution in [3.63, 3.8) is 0 Å². The van der Waals surface area contributed by atoms with Crippen LogP contribution in [-0.4, -0.2) is 31.4 Å². The minimum atomic E-state index is -0.405. The van der Waals surface area contributed by atoms with Crippen LogP contribution in [0.4, 0.5) is 0 Å². The summed E-state index contributed by atoms with van der Waals surface area (Å²) in [6.45, 7) is 0. The van der Waals surface area contributed by atoms with Crippen molar-refractivity contribution in [1.29, 1.82) is 0 Å².